The number of anilines is 1. The number of fused-ring (bicyclic) bond motifs is 1. The Kier molecular flexibility index (Phi) is 3.67. The number of urea groups is 1. The summed E-state index contributed by atoms with van der Waals surface area (Å²) in [6.45, 7) is 1.23. The zero-order valence-corrected chi connectivity index (χ0v) is 11.2. The van der Waals surface area contributed by atoms with Gasteiger partial charge in [-0.3, -0.25) is 0 Å². The average Bonchev–Trinajstić information content (AvgIpc) is 3.27. The van der Waals surface area contributed by atoms with Gasteiger partial charge >= 0.3 is 6.03 Å². The molecule has 0 bridgehead atoms. The van der Waals surface area contributed by atoms with Crippen molar-refractivity contribution in [1.82, 2.24) is 15.6 Å². The highest BCUT2D eigenvalue weighted by molar-refractivity contribution is 5.80. The summed E-state index contributed by atoms with van der Waals surface area (Å²) < 4.78 is 0. The summed E-state index contributed by atoms with van der Waals surface area (Å²) in [6, 6.07) is 12.3. The van der Waals surface area contributed by atoms with Crippen LogP contribution in [0.25, 0.3) is 10.9 Å². The molecule has 0 atom stereocenters. The molecule has 2 amide bonds. The largest absolute Gasteiger partial charge is 0.368 e. The molecule has 3 rings (SSSR count). The number of hydrogen-bond donors (Lipinski definition) is 3. The number of carbonyl (C=O) groups is 1. The second-order valence-corrected chi connectivity index (χ2v) is 4.99. The summed E-state index contributed by atoms with van der Waals surface area (Å²) in [5.74, 6) is 0.827. The number of para-hydroxylation sites is 1. The fraction of sp³-hybridized carbons (Fsp3) is 0.333. The first-order chi connectivity index (χ1) is 9.81. The Labute approximate surface area is 117 Å². The number of benzene rings is 1. The van der Waals surface area contributed by atoms with E-state index in [1.807, 2.05) is 36.4 Å². The minimum Gasteiger partial charge on any atom is -0.368 e. The van der Waals surface area contributed by atoms with E-state index in [9.17, 15) is 4.79 Å². The highest BCUT2D eigenvalue weighted by Crippen LogP contribution is 2.18. The normalized spacial score (nSPS) is 14.0. The van der Waals surface area contributed by atoms with E-state index in [0.29, 0.717) is 19.1 Å². The molecule has 1 aliphatic rings. The summed E-state index contributed by atoms with van der Waals surface area (Å²) in [5, 5.41) is 10.0. The minimum absolute atomic E-state index is 0.0826. The number of amides is 2. The molecule has 0 unspecified atom stereocenters. The van der Waals surface area contributed by atoms with Crippen LogP contribution in [0, 0.1) is 0 Å². The number of rotatable bonds is 5. The summed E-state index contributed by atoms with van der Waals surface area (Å²) in [6.07, 6.45) is 2.21. The van der Waals surface area contributed by atoms with Crippen molar-refractivity contribution in [2.75, 3.05) is 18.4 Å². The number of nitrogens with one attached hydrogen (secondary N) is 3. The summed E-state index contributed by atoms with van der Waals surface area (Å²) in [5.41, 5.74) is 0.969. The van der Waals surface area contributed by atoms with Crippen LogP contribution in [0.4, 0.5) is 10.6 Å². The van der Waals surface area contributed by atoms with Gasteiger partial charge in [0.15, 0.2) is 0 Å². The van der Waals surface area contributed by atoms with Crippen molar-refractivity contribution in [1.29, 1.82) is 0 Å². The van der Waals surface area contributed by atoms with E-state index in [1.54, 1.807) is 0 Å². The lowest BCUT2D eigenvalue weighted by Crippen LogP contribution is -2.39. The molecule has 1 fully saturated rings. The summed E-state index contributed by atoms with van der Waals surface area (Å²) >= 11 is 0. The van der Waals surface area contributed by atoms with Crippen LogP contribution in [0.1, 0.15) is 12.8 Å². The molecule has 20 heavy (non-hydrogen) atoms. The third-order valence-corrected chi connectivity index (χ3v) is 3.23. The van der Waals surface area contributed by atoms with Gasteiger partial charge in [0.05, 0.1) is 5.52 Å². The molecule has 0 saturated heterocycles. The number of carbonyl (C=O) groups excluding carboxylic acids is 1. The maximum atomic E-state index is 11.4. The Morgan fingerprint density at radius 2 is 2.00 bits per heavy atom. The number of nitrogens with zero attached hydrogens (tertiary/aromatic N) is 1. The zero-order valence-electron chi connectivity index (χ0n) is 11.2. The van der Waals surface area contributed by atoms with Crippen molar-refractivity contribution in [3.8, 4) is 0 Å². The van der Waals surface area contributed by atoms with E-state index in [2.05, 4.69) is 20.9 Å². The second kappa shape index (κ2) is 5.77. The number of pyridine rings is 1. The molecular formula is C15H18N4O. The topological polar surface area (TPSA) is 66.0 Å². The predicted molar refractivity (Wildman–Crippen MR) is 79.8 cm³/mol. The van der Waals surface area contributed by atoms with Crippen molar-refractivity contribution in [3.63, 3.8) is 0 Å². The van der Waals surface area contributed by atoms with E-state index in [-0.39, 0.29) is 6.03 Å². The summed E-state index contributed by atoms with van der Waals surface area (Å²) in [4.78, 5) is 15.9. The Morgan fingerprint density at radius 3 is 2.85 bits per heavy atom. The third-order valence-electron chi connectivity index (χ3n) is 3.23. The smallest absolute Gasteiger partial charge is 0.315 e. The molecule has 1 aliphatic carbocycles. The molecule has 1 saturated carbocycles. The first-order valence-electron chi connectivity index (χ1n) is 6.95. The molecule has 104 valence electrons. The van der Waals surface area contributed by atoms with E-state index in [4.69, 9.17) is 0 Å². The van der Waals surface area contributed by atoms with Gasteiger partial charge in [0, 0.05) is 24.5 Å². The molecule has 0 spiro atoms. The van der Waals surface area contributed by atoms with Crippen molar-refractivity contribution < 1.29 is 4.79 Å². The Bertz CT molecular complexity index is 610. The molecular weight excluding hydrogens is 252 g/mol. The predicted octanol–water partition coefficient (Wildman–Crippen LogP) is 2.11. The lowest BCUT2D eigenvalue weighted by atomic mass is 10.2. The molecule has 1 heterocycles. The van der Waals surface area contributed by atoms with Crippen LogP contribution in [0.15, 0.2) is 36.4 Å². The maximum absolute atomic E-state index is 11.4. The molecule has 5 nitrogen and oxygen atoms in total. The van der Waals surface area contributed by atoms with Crippen LogP contribution in [-0.4, -0.2) is 30.1 Å². The van der Waals surface area contributed by atoms with E-state index in [0.717, 1.165) is 29.6 Å². The summed E-state index contributed by atoms with van der Waals surface area (Å²) in [7, 11) is 0. The zero-order chi connectivity index (χ0) is 13.8. The SMILES string of the molecule is O=C(NCCNc1ccc2ccccc2n1)NC1CC1. The van der Waals surface area contributed by atoms with Crippen molar-refractivity contribution in [2.24, 2.45) is 0 Å². The second-order valence-electron chi connectivity index (χ2n) is 4.99. The fourth-order valence-electron chi connectivity index (χ4n) is 2.00. The van der Waals surface area contributed by atoms with Crippen molar-refractivity contribution in [3.05, 3.63) is 36.4 Å². The minimum atomic E-state index is -0.0826. The van der Waals surface area contributed by atoms with Gasteiger partial charge in [-0.25, -0.2) is 9.78 Å². The van der Waals surface area contributed by atoms with E-state index < -0.39 is 0 Å². The van der Waals surface area contributed by atoms with Crippen LogP contribution in [0.2, 0.25) is 0 Å². The van der Waals surface area contributed by atoms with E-state index in [1.165, 1.54) is 0 Å². The Hall–Kier alpha value is -2.30. The van der Waals surface area contributed by atoms with Gasteiger partial charge in [-0.2, -0.15) is 0 Å². The van der Waals surface area contributed by atoms with Gasteiger partial charge in [-0.1, -0.05) is 18.2 Å². The third kappa shape index (κ3) is 3.38. The van der Waals surface area contributed by atoms with Gasteiger partial charge in [0.2, 0.25) is 0 Å². The lowest BCUT2D eigenvalue weighted by molar-refractivity contribution is 0.241. The first-order valence-corrected chi connectivity index (χ1v) is 6.95. The monoisotopic (exact) mass is 270 g/mol. The van der Waals surface area contributed by atoms with Gasteiger partial charge in [0.1, 0.15) is 5.82 Å². The first kappa shape index (κ1) is 12.7. The van der Waals surface area contributed by atoms with Crippen LogP contribution < -0.4 is 16.0 Å². The molecule has 5 heteroatoms. The highest BCUT2D eigenvalue weighted by Gasteiger charge is 2.22. The van der Waals surface area contributed by atoms with Gasteiger partial charge in [0.25, 0.3) is 0 Å². The highest BCUT2D eigenvalue weighted by atomic mass is 16.2. The molecule has 1 aromatic carbocycles. The Balaban J connectivity index is 1.45. The van der Waals surface area contributed by atoms with Gasteiger partial charge < -0.3 is 16.0 Å². The Morgan fingerprint density at radius 1 is 1.15 bits per heavy atom. The fourth-order valence-corrected chi connectivity index (χ4v) is 2.00. The average molecular weight is 270 g/mol. The van der Waals surface area contributed by atoms with E-state index >= 15 is 0 Å². The molecule has 2 aromatic rings. The lowest BCUT2D eigenvalue weighted by Gasteiger charge is -2.08. The quantitative estimate of drug-likeness (QED) is 0.729. The molecule has 3 N–H and O–H groups in total. The molecule has 1 aromatic heterocycles. The van der Waals surface area contributed by atoms with Crippen LogP contribution in [0.5, 0.6) is 0 Å². The standard InChI is InChI=1S/C15H18N4O/c20-15(18-12-6-7-12)17-10-9-16-14-8-5-11-3-1-2-4-13(11)19-14/h1-5,8,12H,6-7,9-10H2,(H,16,19)(H2,17,18,20). The molecule has 0 aliphatic heterocycles. The number of aromatic nitrogens is 1. The van der Waals surface area contributed by atoms with Crippen LogP contribution >= 0.6 is 0 Å². The van der Waals surface area contributed by atoms with Gasteiger partial charge in [-0.15, -0.1) is 0 Å². The van der Waals surface area contributed by atoms with Crippen molar-refractivity contribution in [2.45, 2.75) is 18.9 Å². The van der Waals surface area contributed by atoms with Gasteiger partial charge in [-0.05, 0) is 31.0 Å². The van der Waals surface area contributed by atoms with Crippen LogP contribution in [-0.2, 0) is 0 Å². The molecule has 0 radical (unpaired) electrons. The maximum Gasteiger partial charge on any atom is 0.315 e. The number of hydrogen-bond acceptors (Lipinski definition) is 3. The van der Waals surface area contributed by atoms with Crippen molar-refractivity contribution >= 4 is 22.8 Å². The van der Waals surface area contributed by atoms with Crippen LogP contribution in [0.3, 0.4) is 0 Å².